The molecule has 0 aliphatic heterocycles. The maximum absolute atomic E-state index is 13.0. The predicted molar refractivity (Wildman–Crippen MR) is 126 cm³/mol. The Morgan fingerprint density at radius 1 is 0.914 bits per heavy atom. The van der Waals surface area contributed by atoms with E-state index < -0.39 is 32.4 Å². The van der Waals surface area contributed by atoms with Gasteiger partial charge in [-0.1, -0.05) is 6.07 Å². The summed E-state index contributed by atoms with van der Waals surface area (Å²) in [6.07, 6.45) is -0.861. The SMILES string of the molecule is CS(=O)(=O)c1ccc(OC2CCC(Nc3c(Nc4cccc(C(F)(F)F)c4)c(=O)c3=O)CC2)cc1. The number of nitrogens with one attached hydrogen (secondary N) is 2. The monoisotopic (exact) mass is 508 g/mol. The number of rotatable bonds is 7. The predicted octanol–water partition coefficient (Wildman–Crippen LogP) is 4.25. The first-order valence-electron chi connectivity index (χ1n) is 10.9. The van der Waals surface area contributed by atoms with Crippen molar-refractivity contribution in [2.24, 2.45) is 0 Å². The fourth-order valence-electron chi connectivity index (χ4n) is 4.05. The summed E-state index contributed by atoms with van der Waals surface area (Å²) in [6, 6.07) is 10.5. The first kappa shape index (κ1) is 24.8. The van der Waals surface area contributed by atoms with Gasteiger partial charge in [0.05, 0.1) is 16.6 Å². The lowest BCUT2D eigenvalue weighted by molar-refractivity contribution is -0.137. The highest BCUT2D eigenvalue weighted by atomic mass is 32.2. The van der Waals surface area contributed by atoms with Gasteiger partial charge in [0.1, 0.15) is 17.1 Å². The molecule has 0 amide bonds. The Balaban J connectivity index is 1.35. The van der Waals surface area contributed by atoms with E-state index in [9.17, 15) is 31.2 Å². The number of benzene rings is 2. The molecule has 0 unspecified atom stereocenters. The molecule has 3 aromatic carbocycles. The Labute approximate surface area is 199 Å². The number of hydrogen-bond donors (Lipinski definition) is 2. The van der Waals surface area contributed by atoms with Gasteiger partial charge in [0.15, 0.2) is 9.84 Å². The quantitative estimate of drug-likeness (QED) is 0.460. The van der Waals surface area contributed by atoms with Crippen LogP contribution in [0.1, 0.15) is 31.2 Å². The molecule has 7 nitrogen and oxygen atoms in total. The minimum atomic E-state index is -4.52. The summed E-state index contributed by atoms with van der Waals surface area (Å²) in [4.78, 5) is 24.4. The molecule has 0 radical (unpaired) electrons. The normalized spacial score (nSPS) is 18.9. The Hall–Kier alpha value is -3.34. The molecule has 1 fully saturated rings. The van der Waals surface area contributed by atoms with Crippen molar-refractivity contribution in [1.82, 2.24) is 0 Å². The molecule has 4 rings (SSSR count). The standard InChI is InChI=1S/C24H23F3N2O5S/c1-35(32,33)19-11-9-18(10-12-19)34-17-7-5-15(6-8-17)28-20-21(23(31)22(20)30)29-16-4-2-3-14(13-16)24(25,26)27/h2-4,9-13,15,17,28-29H,5-8H2,1H3. The fourth-order valence-corrected chi connectivity index (χ4v) is 4.68. The van der Waals surface area contributed by atoms with Crippen LogP contribution in [0.25, 0.3) is 0 Å². The molecule has 186 valence electrons. The summed E-state index contributed by atoms with van der Waals surface area (Å²) in [6.45, 7) is 0. The Morgan fingerprint density at radius 2 is 1.54 bits per heavy atom. The average Bonchev–Trinajstić information content (AvgIpc) is 2.81. The Bertz CT molecular complexity index is 1390. The second-order valence-electron chi connectivity index (χ2n) is 8.59. The lowest BCUT2D eigenvalue weighted by Crippen LogP contribution is -2.40. The molecule has 0 saturated heterocycles. The van der Waals surface area contributed by atoms with Crippen LogP contribution in [0, 0.1) is 0 Å². The molecule has 2 N–H and O–H groups in total. The Kier molecular flexibility index (Phi) is 6.63. The van der Waals surface area contributed by atoms with E-state index in [1.165, 1.54) is 24.3 Å². The smallest absolute Gasteiger partial charge is 0.416 e. The molecule has 3 aromatic rings. The van der Waals surface area contributed by atoms with Gasteiger partial charge in [-0.3, -0.25) is 9.59 Å². The van der Waals surface area contributed by atoms with E-state index in [1.807, 2.05) is 0 Å². The van der Waals surface area contributed by atoms with Crippen LogP contribution in [0.15, 0.2) is 63.0 Å². The summed E-state index contributed by atoms with van der Waals surface area (Å²) >= 11 is 0. The second-order valence-corrected chi connectivity index (χ2v) is 10.6. The third-order valence-electron chi connectivity index (χ3n) is 5.95. The second kappa shape index (κ2) is 9.37. The van der Waals surface area contributed by atoms with Crippen molar-refractivity contribution in [2.45, 2.75) is 48.9 Å². The van der Waals surface area contributed by atoms with Gasteiger partial charge in [-0.2, -0.15) is 13.2 Å². The third-order valence-corrected chi connectivity index (χ3v) is 7.08. The van der Waals surface area contributed by atoms with E-state index in [2.05, 4.69) is 10.6 Å². The lowest BCUT2D eigenvalue weighted by atomic mass is 9.92. The van der Waals surface area contributed by atoms with Gasteiger partial charge in [-0.05, 0) is 68.1 Å². The molecule has 0 spiro atoms. The van der Waals surface area contributed by atoms with Gasteiger partial charge < -0.3 is 15.4 Å². The number of alkyl halides is 3. The zero-order valence-electron chi connectivity index (χ0n) is 18.7. The highest BCUT2D eigenvalue weighted by Crippen LogP contribution is 2.32. The van der Waals surface area contributed by atoms with Crippen LogP contribution in [-0.4, -0.2) is 26.8 Å². The van der Waals surface area contributed by atoms with E-state index in [0.717, 1.165) is 18.4 Å². The van der Waals surface area contributed by atoms with Crippen LogP contribution in [0.3, 0.4) is 0 Å². The lowest BCUT2D eigenvalue weighted by Gasteiger charge is -2.31. The van der Waals surface area contributed by atoms with E-state index in [0.29, 0.717) is 31.4 Å². The topological polar surface area (TPSA) is 102 Å². The molecule has 0 aromatic heterocycles. The van der Waals surface area contributed by atoms with Gasteiger partial charge in [-0.25, -0.2) is 8.42 Å². The molecular weight excluding hydrogens is 485 g/mol. The van der Waals surface area contributed by atoms with Crippen LogP contribution >= 0.6 is 0 Å². The molecule has 0 bridgehead atoms. The van der Waals surface area contributed by atoms with Crippen molar-refractivity contribution in [3.63, 3.8) is 0 Å². The van der Waals surface area contributed by atoms with Crippen molar-refractivity contribution >= 4 is 26.9 Å². The van der Waals surface area contributed by atoms with Crippen molar-refractivity contribution < 1.29 is 26.3 Å². The fraction of sp³-hybridized carbons (Fsp3) is 0.333. The van der Waals surface area contributed by atoms with Crippen LogP contribution < -0.4 is 26.2 Å². The summed E-state index contributed by atoms with van der Waals surface area (Å²) in [7, 11) is -3.29. The average molecular weight is 509 g/mol. The highest BCUT2D eigenvalue weighted by Gasteiger charge is 2.31. The number of halogens is 3. The zero-order chi connectivity index (χ0) is 25.4. The molecule has 1 aliphatic rings. The van der Waals surface area contributed by atoms with E-state index in [1.54, 1.807) is 12.1 Å². The van der Waals surface area contributed by atoms with E-state index >= 15 is 0 Å². The molecule has 1 aliphatic carbocycles. The van der Waals surface area contributed by atoms with Gasteiger partial charge in [0.25, 0.3) is 10.9 Å². The molecule has 1 saturated carbocycles. The number of ether oxygens (including phenoxy) is 1. The van der Waals surface area contributed by atoms with E-state index in [4.69, 9.17) is 4.74 Å². The van der Waals surface area contributed by atoms with Crippen molar-refractivity contribution in [3.05, 3.63) is 74.5 Å². The first-order valence-corrected chi connectivity index (χ1v) is 12.8. The number of sulfone groups is 1. The Morgan fingerprint density at radius 3 is 2.14 bits per heavy atom. The maximum atomic E-state index is 13.0. The third kappa shape index (κ3) is 5.67. The van der Waals surface area contributed by atoms with Crippen LogP contribution in [0.4, 0.5) is 30.2 Å². The molecular formula is C24H23F3N2O5S. The molecule has 35 heavy (non-hydrogen) atoms. The number of hydrogen-bond acceptors (Lipinski definition) is 7. The largest absolute Gasteiger partial charge is 0.490 e. The minimum Gasteiger partial charge on any atom is -0.490 e. The van der Waals surface area contributed by atoms with Crippen LogP contribution in [-0.2, 0) is 16.0 Å². The van der Waals surface area contributed by atoms with Crippen LogP contribution in [0.5, 0.6) is 5.75 Å². The zero-order valence-corrected chi connectivity index (χ0v) is 19.5. The molecule has 0 atom stereocenters. The van der Waals surface area contributed by atoms with Gasteiger partial charge in [0.2, 0.25) is 0 Å². The van der Waals surface area contributed by atoms with Crippen LogP contribution in [0.2, 0.25) is 0 Å². The molecule has 0 heterocycles. The van der Waals surface area contributed by atoms with Gasteiger partial charge >= 0.3 is 6.18 Å². The highest BCUT2D eigenvalue weighted by molar-refractivity contribution is 7.90. The summed E-state index contributed by atoms with van der Waals surface area (Å²) in [5.41, 5.74) is -2.25. The van der Waals surface area contributed by atoms with Crippen molar-refractivity contribution in [2.75, 3.05) is 16.9 Å². The van der Waals surface area contributed by atoms with Crippen molar-refractivity contribution in [3.8, 4) is 5.75 Å². The maximum Gasteiger partial charge on any atom is 0.416 e. The van der Waals surface area contributed by atoms with Crippen molar-refractivity contribution in [1.29, 1.82) is 0 Å². The summed E-state index contributed by atoms with van der Waals surface area (Å²) in [5, 5.41) is 5.71. The van der Waals surface area contributed by atoms with Gasteiger partial charge in [-0.15, -0.1) is 0 Å². The number of anilines is 3. The van der Waals surface area contributed by atoms with Gasteiger partial charge in [0, 0.05) is 18.0 Å². The molecule has 11 heteroatoms. The summed E-state index contributed by atoms with van der Waals surface area (Å²) in [5.74, 6) is 0.559. The van der Waals surface area contributed by atoms with E-state index in [-0.39, 0.29) is 34.1 Å². The summed E-state index contributed by atoms with van der Waals surface area (Å²) < 4.78 is 67.9. The first-order chi connectivity index (χ1) is 16.4. The minimum absolute atomic E-state index is 0.0429.